The lowest BCUT2D eigenvalue weighted by molar-refractivity contribution is -0.384. The van der Waals surface area contributed by atoms with Crippen molar-refractivity contribution in [1.29, 1.82) is 0 Å². The van der Waals surface area contributed by atoms with Gasteiger partial charge in [-0.1, -0.05) is 0 Å². The molecular weight excluding hydrogens is 188 g/mol. The summed E-state index contributed by atoms with van der Waals surface area (Å²) in [6.45, 7) is 0. The monoisotopic (exact) mass is 194 g/mol. The highest BCUT2D eigenvalue weighted by Crippen LogP contribution is 2.20. The van der Waals surface area contributed by atoms with Gasteiger partial charge in [0.2, 0.25) is 0 Å². The summed E-state index contributed by atoms with van der Waals surface area (Å²) in [6, 6.07) is 4.38. The van der Waals surface area contributed by atoms with Gasteiger partial charge in [-0.2, -0.15) is 10.9 Å². The van der Waals surface area contributed by atoms with E-state index in [1.165, 1.54) is 18.2 Å². The lowest BCUT2D eigenvalue weighted by Gasteiger charge is -1.89. The summed E-state index contributed by atoms with van der Waals surface area (Å²) in [5.41, 5.74) is 1.07. The van der Waals surface area contributed by atoms with Crippen LogP contribution in [0, 0.1) is 10.1 Å². The SMILES string of the molecule is NOc1nc2ccc([N+](=O)[O-])cc2[nH]1. The van der Waals surface area contributed by atoms with Gasteiger partial charge in [0.25, 0.3) is 5.69 Å². The number of imidazole rings is 1. The van der Waals surface area contributed by atoms with Crippen LogP contribution in [-0.2, 0) is 0 Å². The Labute approximate surface area is 77.6 Å². The molecule has 0 saturated heterocycles. The maximum atomic E-state index is 10.4. The number of hydrogen-bond acceptors (Lipinski definition) is 5. The Balaban J connectivity index is 2.59. The quantitative estimate of drug-likeness (QED) is 0.541. The molecular formula is C7H6N4O3. The van der Waals surface area contributed by atoms with Gasteiger partial charge in [0, 0.05) is 12.1 Å². The maximum Gasteiger partial charge on any atom is 0.314 e. The molecule has 0 amide bonds. The van der Waals surface area contributed by atoms with Gasteiger partial charge in [0.15, 0.2) is 0 Å². The molecule has 0 aliphatic carbocycles. The number of non-ortho nitro benzene ring substituents is 1. The van der Waals surface area contributed by atoms with E-state index in [0.29, 0.717) is 11.0 Å². The van der Waals surface area contributed by atoms with E-state index in [0.717, 1.165) is 0 Å². The number of aromatic amines is 1. The van der Waals surface area contributed by atoms with E-state index in [4.69, 9.17) is 5.90 Å². The number of nitrogens with two attached hydrogens (primary N) is 1. The second kappa shape index (κ2) is 2.96. The fourth-order valence-electron chi connectivity index (χ4n) is 1.14. The number of benzene rings is 1. The molecule has 0 saturated carbocycles. The highest BCUT2D eigenvalue weighted by molar-refractivity contribution is 5.78. The predicted molar refractivity (Wildman–Crippen MR) is 47.6 cm³/mol. The molecule has 7 heteroatoms. The molecule has 2 rings (SSSR count). The van der Waals surface area contributed by atoms with Crippen LogP contribution in [0.1, 0.15) is 0 Å². The Morgan fingerprint density at radius 3 is 3.00 bits per heavy atom. The summed E-state index contributed by atoms with van der Waals surface area (Å²) in [7, 11) is 0. The van der Waals surface area contributed by atoms with Crippen LogP contribution in [0.3, 0.4) is 0 Å². The molecule has 0 bridgehead atoms. The first kappa shape index (κ1) is 8.45. The van der Waals surface area contributed by atoms with Gasteiger partial charge in [-0.15, -0.1) is 0 Å². The van der Waals surface area contributed by atoms with Crippen LogP contribution in [0.25, 0.3) is 11.0 Å². The standard InChI is InChI=1S/C7H6N4O3/c8-14-7-9-5-2-1-4(11(12)13)3-6(5)10-7/h1-3H,8H2,(H,9,10). The third-order valence-electron chi connectivity index (χ3n) is 1.77. The van der Waals surface area contributed by atoms with Gasteiger partial charge in [0.05, 0.1) is 16.0 Å². The molecule has 1 aromatic carbocycles. The number of rotatable bonds is 2. The first-order valence-corrected chi connectivity index (χ1v) is 3.71. The number of nitrogens with one attached hydrogen (secondary N) is 1. The largest absolute Gasteiger partial charge is 0.373 e. The van der Waals surface area contributed by atoms with Crippen LogP contribution >= 0.6 is 0 Å². The molecule has 2 aromatic rings. The van der Waals surface area contributed by atoms with Gasteiger partial charge in [-0.3, -0.25) is 10.1 Å². The maximum absolute atomic E-state index is 10.4. The van der Waals surface area contributed by atoms with Crippen molar-refractivity contribution in [2.45, 2.75) is 0 Å². The molecule has 0 atom stereocenters. The van der Waals surface area contributed by atoms with Crippen molar-refractivity contribution in [2.24, 2.45) is 5.90 Å². The van der Waals surface area contributed by atoms with Gasteiger partial charge in [0.1, 0.15) is 0 Å². The molecule has 72 valence electrons. The molecule has 0 unspecified atom stereocenters. The minimum atomic E-state index is -0.483. The molecule has 7 nitrogen and oxygen atoms in total. The number of nitro groups is 1. The van der Waals surface area contributed by atoms with Crippen LogP contribution < -0.4 is 10.7 Å². The van der Waals surface area contributed by atoms with Crippen LogP contribution in [0.4, 0.5) is 5.69 Å². The molecule has 1 heterocycles. The van der Waals surface area contributed by atoms with Crippen LogP contribution in [0.15, 0.2) is 18.2 Å². The average Bonchev–Trinajstić information content (AvgIpc) is 2.58. The van der Waals surface area contributed by atoms with E-state index in [9.17, 15) is 10.1 Å². The summed E-state index contributed by atoms with van der Waals surface area (Å²) >= 11 is 0. The van der Waals surface area contributed by atoms with E-state index in [1.807, 2.05) is 0 Å². The zero-order valence-corrected chi connectivity index (χ0v) is 6.93. The predicted octanol–water partition coefficient (Wildman–Crippen LogP) is 0.724. The zero-order valence-electron chi connectivity index (χ0n) is 6.93. The molecule has 0 fully saturated rings. The molecule has 14 heavy (non-hydrogen) atoms. The smallest absolute Gasteiger partial charge is 0.314 e. The molecule has 0 radical (unpaired) electrons. The Kier molecular flexibility index (Phi) is 1.79. The number of nitrogens with zero attached hydrogens (tertiary/aromatic N) is 2. The van der Waals surface area contributed by atoms with Crippen molar-refractivity contribution in [1.82, 2.24) is 9.97 Å². The van der Waals surface area contributed by atoms with Crippen LogP contribution in [0.5, 0.6) is 6.01 Å². The van der Waals surface area contributed by atoms with Gasteiger partial charge >= 0.3 is 6.01 Å². The highest BCUT2D eigenvalue weighted by atomic mass is 16.6. The Bertz CT molecular complexity index is 493. The Morgan fingerprint density at radius 1 is 1.57 bits per heavy atom. The summed E-state index contributed by atoms with van der Waals surface area (Å²) in [5.74, 6) is 4.88. The number of hydrogen-bond donors (Lipinski definition) is 2. The number of aromatic nitrogens is 2. The van der Waals surface area contributed by atoms with Gasteiger partial charge in [-0.05, 0) is 6.07 Å². The molecule has 0 spiro atoms. The van der Waals surface area contributed by atoms with Crippen molar-refractivity contribution in [3.05, 3.63) is 28.3 Å². The Hall–Kier alpha value is -2.15. The van der Waals surface area contributed by atoms with Gasteiger partial charge in [-0.25, -0.2) is 0 Å². The number of fused-ring (bicyclic) bond motifs is 1. The minimum Gasteiger partial charge on any atom is -0.373 e. The summed E-state index contributed by atoms with van der Waals surface area (Å²) in [5, 5.41) is 10.4. The van der Waals surface area contributed by atoms with E-state index >= 15 is 0 Å². The summed E-state index contributed by atoms with van der Waals surface area (Å²) in [6.07, 6.45) is 0. The summed E-state index contributed by atoms with van der Waals surface area (Å²) < 4.78 is 0. The molecule has 3 N–H and O–H groups in total. The fraction of sp³-hybridized carbons (Fsp3) is 0. The lowest BCUT2D eigenvalue weighted by Crippen LogP contribution is -2.02. The van der Waals surface area contributed by atoms with Crippen LogP contribution in [-0.4, -0.2) is 14.9 Å². The molecule has 0 aliphatic heterocycles. The lowest BCUT2D eigenvalue weighted by atomic mass is 10.3. The normalized spacial score (nSPS) is 10.4. The third-order valence-corrected chi connectivity index (χ3v) is 1.77. The van der Waals surface area contributed by atoms with Crippen molar-refractivity contribution in [2.75, 3.05) is 0 Å². The van der Waals surface area contributed by atoms with E-state index in [-0.39, 0.29) is 11.7 Å². The highest BCUT2D eigenvalue weighted by Gasteiger charge is 2.09. The van der Waals surface area contributed by atoms with Crippen molar-refractivity contribution >= 4 is 16.7 Å². The first-order chi connectivity index (χ1) is 6.70. The third kappa shape index (κ3) is 1.25. The van der Waals surface area contributed by atoms with E-state index < -0.39 is 4.92 Å². The average molecular weight is 194 g/mol. The minimum absolute atomic E-state index is 0.00952. The second-order valence-corrected chi connectivity index (χ2v) is 2.62. The first-order valence-electron chi connectivity index (χ1n) is 3.71. The number of H-pyrrole nitrogens is 1. The van der Waals surface area contributed by atoms with Crippen molar-refractivity contribution in [3.8, 4) is 6.01 Å². The van der Waals surface area contributed by atoms with Crippen LogP contribution in [0.2, 0.25) is 0 Å². The van der Waals surface area contributed by atoms with Gasteiger partial charge < -0.3 is 9.82 Å². The fourth-order valence-corrected chi connectivity index (χ4v) is 1.14. The number of nitro benzene ring substituents is 1. The zero-order chi connectivity index (χ0) is 10.1. The van der Waals surface area contributed by atoms with Crippen molar-refractivity contribution < 1.29 is 9.76 Å². The summed E-state index contributed by atoms with van der Waals surface area (Å²) in [4.78, 5) is 20.9. The van der Waals surface area contributed by atoms with E-state index in [1.54, 1.807) is 0 Å². The van der Waals surface area contributed by atoms with E-state index in [2.05, 4.69) is 14.8 Å². The Morgan fingerprint density at radius 2 is 2.36 bits per heavy atom. The second-order valence-electron chi connectivity index (χ2n) is 2.62. The molecule has 0 aliphatic rings. The van der Waals surface area contributed by atoms with Crippen molar-refractivity contribution in [3.63, 3.8) is 0 Å². The molecule has 1 aromatic heterocycles. The topological polar surface area (TPSA) is 107 Å².